The van der Waals surface area contributed by atoms with Crippen LogP contribution >= 0.6 is 23.1 Å². The minimum atomic E-state index is -0.0906. The predicted octanol–water partition coefficient (Wildman–Crippen LogP) is 2.89. The second-order valence-corrected chi connectivity index (χ2v) is 7.43. The Hall–Kier alpha value is -0.880. The highest BCUT2D eigenvalue weighted by atomic mass is 32.2. The van der Waals surface area contributed by atoms with E-state index in [1.165, 1.54) is 17.8 Å². The number of nitrogens with one attached hydrogen (secondary N) is 1. The number of anilines is 2. The lowest BCUT2D eigenvalue weighted by atomic mass is 9.92. The summed E-state index contributed by atoms with van der Waals surface area (Å²) >= 11 is 3.15. The molecule has 112 valence electrons. The average Bonchev–Trinajstić information content (AvgIpc) is 2.73. The van der Waals surface area contributed by atoms with Crippen molar-refractivity contribution in [2.45, 2.75) is 25.2 Å². The lowest BCUT2D eigenvalue weighted by molar-refractivity contribution is 0.0968. The number of thiophene rings is 1. The summed E-state index contributed by atoms with van der Waals surface area (Å²) in [5, 5.41) is 3.83. The van der Waals surface area contributed by atoms with Gasteiger partial charge in [-0.2, -0.15) is 0 Å². The molecule has 20 heavy (non-hydrogen) atoms. The molecular weight excluding hydrogens is 290 g/mol. The summed E-state index contributed by atoms with van der Waals surface area (Å²) < 4.78 is 0. The van der Waals surface area contributed by atoms with Crippen molar-refractivity contribution in [2.75, 3.05) is 37.0 Å². The van der Waals surface area contributed by atoms with E-state index in [0.717, 1.165) is 23.0 Å². The van der Waals surface area contributed by atoms with Gasteiger partial charge in [0.2, 0.25) is 0 Å². The molecule has 1 fully saturated rings. The highest BCUT2D eigenvalue weighted by molar-refractivity contribution is 7.99. The van der Waals surface area contributed by atoms with Gasteiger partial charge in [-0.15, -0.1) is 23.1 Å². The number of piperidine rings is 1. The molecule has 2 unspecified atom stereocenters. The Morgan fingerprint density at radius 2 is 2.00 bits per heavy atom. The highest BCUT2D eigenvalue weighted by Gasteiger charge is 2.28. The third-order valence-corrected chi connectivity index (χ3v) is 5.89. The van der Waals surface area contributed by atoms with Crippen LogP contribution in [0.3, 0.4) is 0 Å². The zero-order chi connectivity index (χ0) is 14.9. The lowest BCUT2D eigenvalue weighted by Gasteiger charge is -2.36. The van der Waals surface area contributed by atoms with E-state index in [4.69, 9.17) is 5.73 Å². The van der Waals surface area contributed by atoms with Gasteiger partial charge in [0.05, 0.1) is 10.6 Å². The maximum atomic E-state index is 11.9. The summed E-state index contributed by atoms with van der Waals surface area (Å²) in [5.41, 5.74) is 6.80. The van der Waals surface area contributed by atoms with E-state index in [9.17, 15) is 4.79 Å². The highest BCUT2D eigenvalue weighted by Crippen LogP contribution is 2.45. The molecule has 1 amide bonds. The van der Waals surface area contributed by atoms with Crippen molar-refractivity contribution in [1.29, 1.82) is 0 Å². The monoisotopic (exact) mass is 313 g/mol. The fourth-order valence-corrected chi connectivity index (χ4v) is 5.08. The Labute approximate surface area is 129 Å². The molecule has 4 nitrogen and oxygen atoms in total. The van der Waals surface area contributed by atoms with Crippen molar-refractivity contribution in [2.24, 2.45) is 11.8 Å². The Bertz CT molecular complexity index is 491. The molecule has 2 heterocycles. The quantitative estimate of drug-likeness (QED) is 0.843. The number of amides is 1. The number of carbonyl (C=O) groups excluding carboxylic acids is 1. The van der Waals surface area contributed by atoms with Crippen molar-refractivity contribution in [1.82, 2.24) is 5.32 Å². The van der Waals surface area contributed by atoms with E-state index in [1.54, 1.807) is 18.8 Å². The zero-order valence-corrected chi connectivity index (χ0v) is 14.2. The maximum Gasteiger partial charge on any atom is 0.263 e. The van der Waals surface area contributed by atoms with Crippen LogP contribution in [0.5, 0.6) is 0 Å². The number of rotatable bonds is 3. The van der Waals surface area contributed by atoms with E-state index >= 15 is 0 Å². The first kappa shape index (κ1) is 15.5. The van der Waals surface area contributed by atoms with Crippen molar-refractivity contribution < 1.29 is 4.79 Å². The molecule has 2 atom stereocenters. The van der Waals surface area contributed by atoms with Crippen LogP contribution in [0.15, 0.2) is 4.90 Å². The first-order valence-electron chi connectivity index (χ1n) is 6.91. The van der Waals surface area contributed by atoms with Crippen molar-refractivity contribution in [3.05, 3.63) is 4.88 Å². The van der Waals surface area contributed by atoms with Crippen LogP contribution < -0.4 is 16.0 Å². The number of hydrogen-bond donors (Lipinski definition) is 2. The number of nitrogens with two attached hydrogens (primary N) is 1. The van der Waals surface area contributed by atoms with Gasteiger partial charge in [-0.25, -0.2) is 0 Å². The van der Waals surface area contributed by atoms with Crippen LogP contribution in [0, 0.1) is 11.8 Å². The number of carbonyl (C=O) groups is 1. The molecule has 0 bridgehead atoms. The number of thioether (sulfide) groups is 1. The van der Waals surface area contributed by atoms with Gasteiger partial charge in [0.15, 0.2) is 0 Å². The van der Waals surface area contributed by atoms with Gasteiger partial charge < -0.3 is 16.0 Å². The Morgan fingerprint density at radius 3 is 2.50 bits per heavy atom. The van der Waals surface area contributed by atoms with Crippen molar-refractivity contribution >= 4 is 39.7 Å². The molecule has 3 N–H and O–H groups in total. The van der Waals surface area contributed by atoms with Gasteiger partial charge in [0.25, 0.3) is 5.91 Å². The van der Waals surface area contributed by atoms with Gasteiger partial charge in [-0.3, -0.25) is 4.79 Å². The SMILES string of the molecule is CNC(=O)c1sc(N2CC(C)CC(C)C2)c(SC)c1N. The van der Waals surface area contributed by atoms with E-state index in [0.29, 0.717) is 22.4 Å². The predicted molar refractivity (Wildman–Crippen MR) is 89.1 cm³/mol. The van der Waals surface area contributed by atoms with E-state index < -0.39 is 0 Å². The largest absolute Gasteiger partial charge is 0.396 e. The van der Waals surface area contributed by atoms with Gasteiger partial charge in [-0.05, 0) is 24.5 Å². The summed E-state index contributed by atoms with van der Waals surface area (Å²) in [6.07, 6.45) is 3.29. The smallest absolute Gasteiger partial charge is 0.263 e. The third kappa shape index (κ3) is 2.91. The van der Waals surface area contributed by atoms with E-state index in [-0.39, 0.29) is 5.91 Å². The fraction of sp³-hybridized carbons (Fsp3) is 0.643. The third-order valence-electron chi connectivity index (χ3n) is 3.68. The molecule has 6 heteroatoms. The van der Waals surface area contributed by atoms with Crippen molar-refractivity contribution in [3.63, 3.8) is 0 Å². The zero-order valence-electron chi connectivity index (χ0n) is 12.5. The molecule has 0 aliphatic carbocycles. The topological polar surface area (TPSA) is 58.4 Å². The summed E-state index contributed by atoms with van der Waals surface area (Å²) in [7, 11) is 1.64. The van der Waals surface area contributed by atoms with Crippen LogP contribution in [-0.2, 0) is 0 Å². The summed E-state index contributed by atoms with van der Waals surface area (Å²) in [4.78, 5) is 16.0. The summed E-state index contributed by atoms with van der Waals surface area (Å²) in [6.45, 7) is 6.67. The number of nitrogens with zero attached hydrogens (tertiary/aromatic N) is 1. The van der Waals surface area contributed by atoms with E-state index in [1.807, 2.05) is 6.26 Å². The van der Waals surface area contributed by atoms with Crippen LogP contribution in [0.4, 0.5) is 10.7 Å². The first-order valence-corrected chi connectivity index (χ1v) is 8.95. The molecule has 0 aromatic carbocycles. The molecular formula is C14H23N3OS2. The molecule has 0 radical (unpaired) electrons. The molecule has 1 aromatic heterocycles. The molecule has 1 aliphatic rings. The van der Waals surface area contributed by atoms with Gasteiger partial charge in [0.1, 0.15) is 9.88 Å². The van der Waals surface area contributed by atoms with Crippen LogP contribution in [0.2, 0.25) is 0 Å². The Balaban J connectivity index is 2.38. The van der Waals surface area contributed by atoms with Crippen LogP contribution in [-0.4, -0.2) is 32.3 Å². The van der Waals surface area contributed by atoms with Gasteiger partial charge >= 0.3 is 0 Å². The summed E-state index contributed by atoms with van der Waals surface area (Å²) in [6, 6.07) is 0. The Kier molecular flexibility index (Phi) is 4.86. The molecule has 2 rings (SSSR count). The van der Waals surface area contributed by atoms with Gasteiger partial charge in [0, 0.05) is 20.1 Å². The second kappa shape index (κ2) is 6.26. The fourth-order valence-electron chi connectivity index (χ4n) is 2.93. The molecule has 0 spiro atoms. The Morgan fingerprint density at radius 1 is 1.40 bits per heavy atom. The minimum Gasteiger partial charge on any atom is -0.396 e. The standard InChI is InChI=1S/C14H23N3OS2/c1-8-5-9(2)7-17(6-8)14-12(19-4)10(15)11(20-14)13(18)16-3/h8-9H,5-7,15H2,1-4H3,(H,16,18). The van der Waals surface area contributed by atoms with E-state index in [2.05, 4.69) is 24.1 Å². The second-order valence-electron chi connectivity index (χ2n) is 5.61. The number of hydrogen-bond acceptors (Lipinski definition) is 5. The summed E-state index contributed by atoms with van der Waals surface area (Å²) in [5.74, 6) is 1.27. The molecule has 1 saturated heterocycles. The molecule has 0 saturated carbocycles. The van der Waals surface area contributed by atoms with Gasteiger partial charge in [-0.1, -0.05) is 13.8 Å². The molecule has 1 aliphatic heterocycles. The normalized spacial score (nSPS) is 22.9. The number of nitrogen functional groups attached to an aromatic ring is 1. The minimum absolute atomic E-state index is 0.0906. The van der Waals surface area contributed by atoms with Crippen LogP contribution in [0.25, 0.3) is 0 Å². The van der Waals surface area contributed by atoms with Crippen molar-refractivity contribution in [3.8, 4) is 0 Å². The average molecular weight is 313 g/mol. The first-order chi connectivity index (χ1) is 9.47. The lowest BCUT2D eigenvalue weighted by Crippen LogP contribution is -2.38. The van der Waals surface area contributed by atoms with Crippen LogP contribution in [0.1, 0.15) is 29.9 Å². The molecule has 1 aromatic rings. The maximum absolute atomic E-state index is 11.9.